The number of hydrogen-bond donors (Lipinski definition) is 1. The van der Waals surface area contributed by atoms with E-state index < -0.39 is 11.6 Å². The molecule has 1 aromatic carbocycles. The van der Waals surface area contributed by atoms with Gasteiger partial charge in [0.05, 0.1) is 0 Å². The van der Waals surface area contributed by atoms with Crippen LogP contribution in [-0.4, -0.2) is 67.6 Å². The summed E-state index contributed by atoms with van der Waals surface area (Å²) in [6.07, 6.45) is 0.850. The molecule has 26 heavy (non-hydrogen) atoms. The van der Waals surface area contributed by atoms with Crippen molar-refractivity contribution in [3.8, 4) is 0 Å². The second kappa shape index (κ2) is 9.47. The maximum absolute atomic E-state index is 13.4. The van der Waals surface area contributed by atoms with Crippen LogP contribution in [0.2, 0.25) is 0 Å². The van der Waals surface area contributed by atoms with E-state index in [-0.39, 0.29) is 24.2 Å². The number of rotatable bonds is 9. The fourth-order valence-corrected chi connectivity index (χ4v) is 2.92. The Morgan fingerprint density at radius 2 is 1.92 bits per heavy atom. The van der Waals surface area contributed by atoms with E-state index >= 15 is 0 Å². The highest BCUT2D eigenvalue weighted by atomic mass is 19.2. The molecule has 0 atom stereocenters. The van der Waals surface area contributed by atoms with Gasteiger partial charge < -0.3 is 15.1 Å². The molecule has 1 aliphatic heterocycles. The van der Waals surface area contributed by atoms with Crippen LogP contribution < -0.4 is 10.2 Å². The largest absolute Gasteiger partial charge is 0.355 e. The van der Waals surface area contributed by atoms with Crippen molar-refractivity contribution in [2.75, 3.05) is 50.7 Å². The highest BCUT2D eigenvalue weighted by Crippen LogP contribution is 2.22. The third kappa shape index (κ3) is 5.14. The summed E-state index contributed by atoms with van der Waals surface area (Å²) in [6, 6.07) is 2.95. The minimum absolute atomic E-state index is 0.0374. The van der Waals surface area contributed by atoms with Crippen LogP contribution in [0.15, 0.2) is 18.2 Å². The molecule has 144 valence electrons. The molecule has 0 spiro atoms. The summed E-state index contributed by atoms with van der Waals surface area (Å²) in [5, 5.41) is 2.82. The number of benzene rings is 1. The molecule has 1 saturated heterocycles. The highest BCUT2D eigenvalue weighted by molar-refractivity contribution is 5.96. The molecule has 1 N–H and O–H groups in total. The van der Waals surface area contributed by atoms with E-state index in [2.05, 4.69) is 24.1 Å². The minimum Gasteiger partial charge on any atom is -0.355 e. The molecule has 0 radical (unpaired) electrons. The highest BCUT2D eigenvalue weighted by Gasteiger charge is 2.31. The molecule has 1 fully saturated rings. The molecule has 8 heteroatoms. The number of halogens is 2. The number of nitrogens with zero attached hydrogens (tertiary/aromatic N) is 3. The zero-order valence-electron chi connectivity index (χ0n) is 15.3. The van der Waals surface area contributed by atoms with E-state index in [0.29, 0.717) is 19.6 Å². The molecule has 0 saturated carbocycles. The van der Waals surface area contributed by atoms with E-state index in [1.807, 2.05) is 0 Å². The van der Waals surface area contributed by atoms with Crippen molar-refractivity contribution in [2.24, 2.45) is 0 Å². The maximum Gasteiger partial charge on any atom is 0.325 e. The van der Waals surface area contributed by atoms with Crippen molar-refractivity contribution in [1.29, 1.82) is 0 Å². The van der Waals surface area contributed by atoms with Crippen molar-refractivity contribution in [3.63, 3.8) is 0 Å². The molecule has 6 nitrogen and oxygen atoms in total. The predicted molar refractivity (Wildman–Crippen MR) is 96.1 cm³/mol. The van der Waals surface area contributed by atoms with Crippen molar-refractivity contribution >= 4 is 17.6 Å². The summed E-state index contributed by atoms with van der Waals surface area (Å²) in [5.41, 5.74) is 0.288. The normalized spacial score (nSPS) is 14.4. The Bertz CT molecular complexity index is 638. The summed E-state index contributed by atoms with van der Waals surface area (Å²) < 4.78 is 26.4. The van der Waals surface area contributed by atoms with Gasteiger partial charge in [0.2, 0.25) is 5.91 Å². The first kappa shape index (κ1) is 20.1. The smallest absolute Gasteiger partial charge is 0.325 e. The van der Waals surface area contributed by atoms with Gasteiger partial charge in [-0.1, -0.05) is 13.8 Å². The second-order valence-corrected chi connectivity index (χ2v) is 6.18. The average Bonchev–Trinajstić information content (AvgIpc) is 2.98. The fourth-order valence-electron chi connectivity index (χ4n) is 2.92. The van der Waals surface area contributed by atoms with Gasteiger partial charge in [0, 0.05) is 31.4 Å². The van der Waals surface area contributed by atoms with Crippen LogP contribution in [0.3, 0.4) is 0 Å². The van der Waals surface area contributed by atoms with Gasteiger partial charge in [0.15, 0.2) is 11.6 Å². The molecule has 0 aliphatic carbocycles. The first-order valence-corrected chi connectivity index (χ1v) is 8.96. The van der Waals surface area contributed by atoms with Crippen LogP contribution in [0, 0.1) is 11.6 Å². The van der Waals surface area contributed by atoms with Gasteiger partial charge in [-0.15, -0.1) is 0 Å². The monoisotopic (exact) mass is 368 g/mol. The molecule has 1 heterocycles. The van der Waals surface area contributed by atoms with Crippen molar-refractivity contribution in [1.82, 2.24) is 15.1 Å². The Kier molecular flexibility index (Phi) is 7.32. The van der Waals surface area contributed by atoms with Gasteiger partial charge in [-0.3, -0.25) is 9.69 Å². The first-order chi connectivity index (χ1) is 12.5. The number of urea groups is 1. The fraction of sp³-hybridized carbons (Fsp3) is 0.556. The number of amides is 3. The summed E-state index contributed by atoms with van der Waals surface area (Å²) in [7, 11) is 0. The van der Waals surface area contributed by atoms with Gasteiger partial charge in [-0.2, -0.15) is 0 Å². The quantitative estimate of drug-likeness (QED) is 0.679. The Morgan fingerprint density at radius 1 is 1.19 bits per heavy atom. The number of carbonyl (C=O) groups is 2. The van der Waals surface area contributed by atoms with Crippen LogP contribution >= 0.6 is 0 Å². The molecule has 0 bridgehead atoms. The molecular formula is C18H26F2N4O2. The number of carbonyl (C=O) groups excluding carboxylic acids is 2. The Labute approximate surface area is 152 Å². The van der Waals surface area contributed by atoms with Gasteiger partial charge in [-0.25, -0.2) is 13.6 Å². The summed E-state index contributed by atoms with van der Waals surface area (Å²) in [4.78, 5) is 29.4. The van der Waals surface area contributed by atoms with Crippen LogP contribution in [0.1, 0.15) is 20.3 Å². The van der Waals surface area contributed by atoms with Gasteiger partial charge in [0.1, 0.15) is 6.54 Å². The molecule has 3 amide bonds. The SMILES string of the molecule is CCN(CC)CCCNC(=O)CN1CCN(c2ccc(F)c(F)c2)C1=O. The molecule has 2 rings (SSSR count). The van der Waals surface area contributed by atoms with Crippen LogP contribution in [0.25, 0.3) is 0 Å². The Hall–Kier alpha value is -2.22. The number of hydrogen-bond acceptors (Lipinski definition) is 3. The lowest BCUT2D eigenvalue weighted by atomic mass is 10.3. The number of nitrogens with one attached hydrogen (secondary N) is 1. The zero-order chi connectivity index (χ0) is 19.1. The lowest BCUT2D eigenvalue weighted by Crippen LogP contribution is -2.40. The first-order valence-electron chi connectivity index (χ1n) is 8.96. The van der Waals surface area contributed by atoms with Crippen molar-refractivity contribution in [3.05, 3.63) is 29.8 Å². The Morgan fingerprint density at radius 3 is 2.58 bits per heavy atom. The standard InChI is InChI=1S/C18H26F2N4O2/c1-3-22(4-2)9-5-8-21-17(25)13-23-10-11-24(18(23)26)14-6-7-15(19)16(20)12-14/h6-7,12H,3-5,8-11,13H2,1-2H3,(H,21,25). The van der Waals surface area contributed by atoms with E-state index in [4.69, 9.17) is 0 Å². The summed E-state index contributed by atoms with van der Waals surface area (Å²) in [6.45, 7) is 8.29. The lowest BCUT2D eigenvalue weighted by molar-refractivity contribution is -0.121. The van der Waals surface area contributed by atoms with Crippen molar-refractivity contribution in [2.45, 2.75) is 20.3 Å². The lowest BCUT2D eigenvalue weighted by Gasteiger charge is -2.19. The third-order valence-electron chi connectivity index (χ3n) is 4.51. The van der Waals surface area contributed by atoms with E-state index in [1.54, 1.807) is 0 Å². The van der Waals surface area contributed by atoms with E-state index in [0.717, 1.165) is 38.2 Å². The minimum atomic E-state index is -1.00. The summed E-state index contributed by atoms with van der Waals surface area (Å²) >= 11 is 0. The third-order valence-corrected chi connectivity index (χ3v) is 4.51. The van der Waals surface area contributed by atoms with Crippen LogP contribution in [-0.2, 0) is 4.79 Å². The molecule has 1 aliphatic rings. The number of anilines is 1. The molecule has 1 aromatic rings. The van der Waals surface area contributed by atoms with Gasteiger partial charge >= 0.3 is 6.03 Å². The van der Waals surface area contributed by atoms with Crippen LogP contribution in [0.4, 0.5) is 19.3 Å². The zero-order valence-corrected chi connectivity index (χ0v) is 15.3. The Balaban J connectivity index is 1.79. The maximum atomic E-state index is 13.4. The van der Waals surface area contributed by atoms with E-state index in [9.17, 15) is 18.4 Å². The van der Waals surface area contributed by atoms with E-state index in [1.165, 1.54) is 15.9 Å². The average molecular weight is 368 g/mol. The second-order valence-electron chi connectivity index (χ2n) is 6.18. The van der Waals surface area contributed by atoms with Crippen molar-refractivity contribution < 1.29 is 18.4 Å². The van der Waals surface area contributed by atoms with Crippen LogP contribution in [0.5, 0.6) is 0 Å². The molecule has 0 aromatic heterocycles. The summed E-state index contributed by atoms with van der Waals surface area (Å²) in [5.74, 6) is -2.17. The van der Waals surface area contributed by atoms with Gasteiger partial charge in [0.25, 0.3) is 0 Å². The van der Waals surface area contributed by atoms with Gasteiger partial charge in [-0.05, 0) is 38.2 Å². The topological polar surface area (TPSA) is 55.9 Å². The molecular weight excluding hydrogens is 342 g/mol. The predicted octanol–water partition coefficient (Wildman–Crippen LogP) is 2.05. The molecule has 0 unspecified atom stereocenters.